The first kappa shape index (κ1) is 17.3. The maximum absolute atomic E-state index is 13.3. The van der Waals surface area contributed by atoms with E-state index in [0.717, 1.165) is 12.1 Å². The van der Waals surface area contributed by atoms with E-state index in [9.17, 15) is 14.3 Å². The van der Waals surface area contributed by atoms with Crippen molar-refractivity contribution in [3.8, 4) is 11.5 Å². The van der Waals surface area contributed by atoms with Gasteiger partial charge in [-0.2, -0.15) is 0 Å². The van der Waals surface area contributed by atoms with Gasteiger partial charge in [0, 0.05) is 18.2 Å². The molecule has 0 fully saturated rings. The summed E-state index contributed by atoms with van der Waals surface area (Å²) in [5, 5.41) is 9.40. The van der Waals surface area contributed by atoms with Gasteiger partial charge in [0.2, 0.25) is 0 Å². The van der Waals surface area contributed by atoms with E-state index in [0.29, 0.717) is 11.1 Å². The SMILES string of the molecule is CO/C=C(/C(=O)OC)c1ccccc1COc1cc(O)cc(F)c1. The minimum atomic E-state index is -0.604. The Kier molecular flexibility index (Phi) is 5.78. The van der Waals surface area contributed by atoms with E-state index < -0.39 is 11.8 Å². The molecular weight excluding hydrogens is 315 g/mol. The molecule has 2 rings (SSSR count). The van der Waals surface area contributed by atoms with Crippen molar-refractivity contribution in [3.05, 3.63) is 65.7 Å². The number of benzene rings is 2. The summed E-state index contributed by atoms with van der Waals surface area (Å²) in [4.78, 5) is 11.9. The van der Waals surface area contributed by atoms with Crippen LogP contribution in [-0.2, 0) is 20.9 Å². The van der Waals surface area contributed by atoms with Crippen molar-refractivity contribution in [1.82, 2.24) is 0 Å². The molecule has 0 aliphatic heterocycles. The third kappa shape index (κ3) is 4.25. The minimum absolute atomic E-state index is 0.0666. The van der Waals surface area contributed by atoms with Crippen LogP contribution in [0.4, 0.5) is 4.39 Å². The first-order valence-corrected chi connectivity index (χ1v) is 7.07. The lowest BCUT2D eigenvalue weighted by Gasteiger charge is -2.13. The Balaban J connectivity index is 2.28. The molecule has 0 saturated carbocycles. The summed E-state index contributed by atoms with van der Waals surface area (Å²) < 4.78 is 28.5. The number of phenolic OH excluding ortho intramolecular Hbond substituents is 1. The number of ether oxygens (including phenoxy) is 3. The minimum Gasteiger partial charge on any atom is -0.508 e. The molecule has 2 aromatic rings. The Morgan fingerprint density at radius 1 is 1.21 bits per heavy atom. The molecule has 0 atom stereocenters. The molecule has 24 heavy (non-hydrogen) atoms. The molecule has 1 N–H and O–H groups in total. The van der Waals surface area contributed by atoms with Crippen LogP contribution in [0.25, 0.3) is 5.57 Å². The van der Waals surface area contributed by atoms with Gasteiger partial charge in [-0.1, -0.05) is 24.3 Å². The Morgan fingerprint density at radius 2 is 1.96 bits per heavy atom. The zero-order valence-corrected chi connectivity index (χ0v) is 13.3. The zero-order chi connectivity index (χ0) is 17.5. The number of carbonyl (C=O) groups is 1. The van der Waals surface area contributed by atoms with Gasteiger partial charge >= 0.3 is 5.97 Å². The van der Waals surface area contributed by atoms with Crippen molar-refractivity contribution in [2.45, 2.75) is 6.61 Å². The van der Waals surface area contributed by atoms with Gasteiger partial charge in [0.05, 0.1) is 20.5 Å². The first-order chi connectivity index (χ1) is 11.5. The summed E-state index contributed by atoms with van der Waals surface area (Å²) in [5.41, 5.74) is 1.49. The Bertz CT molecular complexity index is 735. The molecule has 5 nitrogen and oxygen atoms in total. The Morgan fingerprint density at radius 3 is 2.62 bits per heavy atom. The molecule has 0 aliphatic carbocycles. The highest BCUT2D eigenvalue weighted by molar-refractivity contribution is 6.16. The van der Waals surface area contributed by atoms with Gasteiger partial charge in [-0.15, -0.1) is 0 Å². The van der Waals surface area contributed by atoms with E-state index in [-0.39, 0.29) is 23.7 Å². The van der Waals surface area contributed by atoms with Crippen LogP contribution in [0.2, 0.25) is 0 Å². The fourth-order valence-electron chi connectivity index (χ4n) is 2.15. The fourth-order valence-corrected chi connectivity index (χ4v) is 2.15. The molecule has 2 aromatic carbocycles. The summed E-state index contributed by atoms with van der Waals surface area (Å²) in [6.45, 7) is 0.0666. The quantitative estimate of drug-likeness (QED) is 0.500. The van der Waals surface area contributed by atoms with E-state index in [2.05, 4.69) is 0 Å². The molecule has 0 spiro atoms. The van der Waals surface area contributed by atoms with Gasteiger partial charge in [0.25, 0.3) is 0 Å². The second-order valence-electron chi connectivity index (χ2n) is 4.85. The maximum atomic E-state index is 13.3. The second kappa shape index (κ2) is 8.01. The van der Waals surface area contributed by atoms with Crippen LogP contribution >= 0.6 is 0 Å². The smallest absolute Gasteiger partial charge is 0.341 e. The van der Waals surface area contributed by atoms with Gasteiger partial charge < -0.3 is 19.3 Å². The van der Waals surface area contributed by atoms with Crippen LogP contribution in [0.15, 0.2) is 48.7 Å². The van der Waals surface area contributed by atoms with Crippen LogP contribution in [0, 0.1) is 5.82 Å². The van der Waals surface area contributed by atoms with Crippen LogP contribution in [0.3, 0.4) is 0 Å². The highest BCUT2D eigenvalue weighted by Crippen LogP contribution is 2.25. The van der Waals surface area contributed by atoms with Gasteiger partial charge in [-0.3, -0.25) is 0 Å². The summed E-state index contributed by atoms with van der Waals surface area (Å²) in [6.07, 6.45) is 1.29. The molecule has 0 heterocycles. The van der Waals surface area contributed by atoms with Crippen LogP contribution in [0.5, 0.6) is 11.5 Å². The molecule has 0 amide bonds. The molecule has 0 radical (unpaired) electrons. The lowest BCUT2D eigenvalue weighted by molar-refractivity contribution is -0.133. The topological polar surface area (TPSA) is 65.0 Å². The number of hydrogen-bond donors (Lipinski definition) is 1. The standard InChI is InChI=1S/C18H17FO5/c1-22-11-17(18(21)23-2)16-6-4-3-5-12(16)10-24-15-8-13(19)7-14(20)9-15/h3-9,11,20H,10H2,1-2H3/b17-11+. The highest BCUT2D eigenvalue weighted by atomic mass is 19.1. The van der Waals surface area contributed by atoms with Gasteiger partial charge in [-0.05, 0) is 11.1 Å². The number of rotatable bonds is 6. The molecule has 0 bridgehead atoms. The normalized spacial score (nSPS) is 11.0. The predicted octanol–water partition coefficient (Wildman–Crippen LogP) is 3.27. The average molecular weight is 332 g/mol. The highest BCUT2D eigenvalue weighted by Gasteiger charge is 2.17. The Labute approximate surface area is 138 Å². The number of aromatic hydroxyl groups is 1. The lowest BCUT2D eigenvalue weighted by atomic mass is 10.0. The summed E-state index contributed by atoms with van der Waals surface area (Å²) in [7, 11) is 2.71. The van der Waals surface area contributed by atoms with Crippen molar-refractivity contribution in [3.63, 3.8) is 0 Å². The summed E-state index contributed by atoms with van der Waals surface area (Å²) in [5.74, 6) is -1.20. The summed E-state index contributed by atoms with van der Waals surface area (Å²) >= 11 is 0. The molecule has 0 saturated heterocycles. The van der Waals surface area contributed by atoms with E-state index in [4.69, 9.17) is 14.2 Å². The number of esters is 1. The molecule has 0 aliphatic rings. The molecule has 6 heteroatoms. The van der Waals surface area contributed by atoms with Crippen molar-refractivity contribution in [2.24, 2.45) is 0 Å². The molecule has 0 aromatic heterocycles. The number of halogens is 1. The zero-order valence-electron chi connectivity index (χ0n) is 13.3. The summed E-state index contributed by atoms with van der Waals surface area (Å²) in [6, 6.07) is 10.5. The van der Waals surface area contributed by atoms with Crippen molar-refractivity contribution >= 4 is 11.5 Å². The number of carbonyl (C=O) groups excluding carboxylic acids is 1. The van der Waals surface area contributed by atoms with E-state index in [1.807, 2.05) is 0 Å². The molecular formula is C18H17FO5. The van der Waals surface area contributed by atoms with Crippen LogP contribution in [0.1, 0.15) is 11.1 Å². The van der Waals surface area contributed by atoms with Crippen molar-refractivity contribution < 1.29 is 28.5 Å². The maximum Gasteiger partial charge on any atom is 0.341 e. The third-order valence-corrected chi connectivity index (χ3v) is 3.20. The molecule has 0 unspecified atom stereocenters. The predicted molar refractivity (Wildman–Crippen MR) is 85.8 cm³/mol. The monoisotopic (exact) mass is 332 g/mol. The van der Waals surface area contributed by atoms with E-state index in [1.54, 1.807) is 24.3 Å². The van der Waals surface area contributed by atoms with E-state index in [1.165, 1.54) is 26.5 Å². The largest absolute Gasteiger partial charge is 0.508 e. The van der Waals surface area contributed by atoms with Crippen molar-refractivity contribution in [1.29, 1.82) is 0 Å². The van der Waals surface area contributed by atoms with Gasteiger partial charge in [-0.25, -0.2) is 9.18 Å². The van der Waals surface area contributed by atoms with Crippen molar-refractivity contribution in [2.75, 3.05) is 14.2 Å². The van der Waals surface area contributed by atoms with E-state index >= 15 is 0 Å². The van der Waals surface area contributed by atoms with Gasteiger partial charge in [0.15, 0.2) is 0 Å². The van der Waals surface area contributed by atoms with Crippen LogP contribution in [-0.4, -0.2) is 25.3 Å². The average Bonchev–Trinajstić information content (AvgIpc) is 2.57. The molecule has 126 valence electrons. The fraction of sp³-hybridized carbons (Fsp3) is 0.167. The number of methoxy groups -OCH3 is 2. The lowest BCUT2D eigenvalue weighted by Crippen LogP contribution is -2.08. The van der Waals surface area contributed by atoms with Gasteiger partial charge in [0.1, 0.15) is 29.5 Å². The first-order valence-electron chi connectivity index (χ1n) is 7.07. The van der Waals surface area contributed by atoms with Crippen LogP contribution < -0.4 is 4.74 Å². The third-order valence-electron chi connectivity index (χ3n) is 3.20. The second-order valence-corrected chi connectivity index (χ2v) is 4.85. The number of phenols is 1. The Hall–Kier alpha value is -3.02. The number of hydrogen-bond acceptors (Lipinski definition) is 5.